The van der Waals surface area contributed by atoms with Crippen LogP contribution in [0.2, 0.25) is 5.02 Å². The van der Waals surface area contributed by atoms with E-state index in [1.54, 1.807) is 19.9 Å². The van der Waals surface area contributed by atoms with E-state index in [0.29, 0.717) is 10.8 Å². The lowest BCUT2D eigenvalue weighted by Gasteiger charge is -2.32. The first-order valence-corrected chi connectivity index (χ1v) is 14.5. The maximum atomic E-state index is 14.6. The minimum atomic E-state index is -4.37. The standard InChI is InChI=1S/C29H33ClFN3O6S/c1-19(2)32-29(36)20(3)33(17-21-8-6-7-9-25(21)31)28(35)18-34(23-12-10-22(30)11-13-23)41(37,38)24-14-15-26(39-4)27(16-24)40-5/h6-16,19-20H,17-18H2,1-5H3,(H,32,36)/t20-/m1/s1. The third-order valence-electron chi connectivity index (χ3n) is 6.23. The molecular weight excluding hydrogens is 573 g/mol. The lowest BCUT2D eigenvalue weighted by Crippen LogP contribution is -2.52. The molecule has 0 unspecified atom stereocenters. The van der Waals surface area contributed by atoms with Crippen molar-refractivity contribution < 1.29 is 31.9 Å². The second-order valence-electron chi connectivity index (χ2n) is 9.46. The summed E-state index contributed by atoms with van der Waals surface area (Å²) in [6, 6.07) is 14.6. The number of hydrogen-bond acceptors (Lipinski definition) is 6. The predicted molar refractivity (Wildman–Crippen MR) is 155 cm³/mol. The molecule has 0 bridgehead atoms. The number of rotatable bonds is 12. The van der Waals surface area contributed by atoms with Crippen LogP contribution in [0.5, 0.6) is 11.5 Å². The summed E-state index contributed by atoms with van der Waals surface area (Å²) in [6.07, 6.45) is 0. The Kier molecular flexibility index (Phi) is 10.6. The van der Waals surface area contributed by atoms with Crippen molar-refractivity contribution >= 4 is 39.1 Å². The summed E-state index contributed by atoms with van der Waals surface area (Å²) < 4.78 is 54.0. The minimum absolute atomic E-state index is 0.155. The molecule has 0 spiro atoms. The van der Waals surface area contributed by atoms with Gasteiger partial charge in [0.05, 0.1) is 24.8 Å². The number of sulfonamides is 1. The fraction of sp³-hybridized carbons (Fsp3) is 0.310. The number of benzene rings is 3. The molecule has 0 aliphatic heterocycles. The number of anilines is 1. The van der Waals surface area contributed by atoms with E-state index in [-0.39, 0.29) is 34.5 Å². The number of amides is 2. The van der Waals surface area contributed by atoms with Gasteiger partial charge in [-0.3, -0.25) is 13.9 Å². The summed E-state index contributed by atoms with van der Waals surface area (Å²) in [5, 5.41) is 3.11. The Balaban J connectivity index is 2.08. The topological polar surface area (TPSA) is 105 Å². The molecule has 0 saturated carbocycles. The Morgan fingerprint density at radius 1 is 0.951 bits per heavy atom. The van der Waals surface area contributed by atoms with E-state index in [0.717, 1.165) is 9.21 Å². The fourth-order valence-corrected chi connectivity index (χ4v) is 5.59. The molecule has 0 heterocycles. The molecule has 3 aromatic rings. The average molecular weight is 606 g/mol. The molecule has 0 radical (unpaired) electrons. The molecule has 1 N–H and O–H groups in total. The van der Waals surface area contributed by atoms with E-state index in [9.17, 15) is 22.4 Å². The van der Waals surface area contributed by atoms with Gasteiger partial charge in [0, 0.05) is 29.2 Å². The highest BCUT2D eigenvalue weighted by Gasteiger charge is 2.33. The summed E-state index contributed by atoms with van der Waals surface area (Å²) in [6.45, 7) is 4.10. The molecule has 0 fully saturated rings. The first-order valence-electron chi connectivity index (χ1n) is 12.7. The fourth-order valence-electron chi connectivity index (χ4n) is 4.04. The lowest BCUT2D eigenvalue weighted by atomic mass is 10.1. The molecule has 0 aliphatic carbocycles. The monoisotopic (exact) mass is 605 g/mol. The van der Waals surface area contributed by atoms with Gasteiger partial charge in [0.2, 0.25) is 11.8 Å². The van der Waals surface area contributed by atoms with Crippen LogP contribution in [0, 0.1) is 5.82 Å². The zero-order chi connectivity index (χ0) is 30.3. The molecule has 2 amide bonds. The molecule has 1 atom stereocenters. The van der Waals surface area contributed by atoms with Gasteiger partial charge in [-0.1, -0.05) is 29.8 Å². The molecule has 220 valence electrons. The van der Waals surface area contributed by atoms with Gasteiger partial charge in [-0.15, -0.1) is 0 Å². The first-order chi connectivity index (χ1) is 19.4. The second-order valence-corrected chi connectivity index (χ2v) is 11.8. The predicted octanol–water partition coefficient (Wildman–Crippen LogP) is 4.63. The van der Waals surface area contributed by atoms with Gasteiger partial charge in [-0.05, 0) is 63.2 Å². The van der Waals surface area contributed by atoms with Crippen LogP contribution in [0.1, 0.15) is 26.3 Å². The Hall–Kier alpha value is -3.83. The highest BCUT2D eigenvalue weighted by atomic mass is 35.5. The van der Waals surface area contributed by atoms with Gasteiger partial charge in [-0.25, -0.2) is 12.8 Å². The third-order valence-corrected chi connectivity index (χ3v) is 8.26. The molecule has 3 aromatic carbocycles. The van der Waals surface area contributed by atoms with Crippen molar-refractivity contribution in [2.75, 3.05) is 25.1 Å². The van der Waals surface area contributed by atoms with Gasteiger partial charge >= 0.3 is 0 Å². The Morgan fingerprint density at radius 3 is 2.17 bits per heavy atom. The van der Waals surface area contributed by atoms with Gasteiger partial charge < -0.3 is 19.7 Å². The smallest absolute Gasteiger partial charge is 0.264 e. The van der Waals surface area contributed by atoms with Crippen molar-refractivity contribution in [3.8, 4) is 11.5 Å². The maximum absolute atomic E-state index is 14.6. The van der Waals surface area contributed by atoms with Crippen LogP contribution in [0.15, 0.2) is 71.6 Å². The van der Waals surface area contributed by atoms with Crippen molar-refractivity contribution in [2.24, 2.45) is 0 Å². The van der Waals surface area contributed by atoms with Crippen LogP contribution < -0.4 is 19.1 Å². The Labute approximate surface area is 244 Å². The first kappa shape index (κ1) is 31.7. The zero-order valence-corrected chi connectivity index (χ0v) is 25.0. The SMILES string of the molecule is COc1ccc(S(=O)(=O)N(CC(=O)N(Cc2ccccc2F)[C@H](C)C(=O)NC(C)C)c2ccc(Cl)cc2)cc1OC. The molecule has 9 nitrogen and oxygen atoms in total. The van der Waals surface area contributed by atoms with Crippen molar-refractivity contribution in [1.29, 1.82) is 0 Å². The number of carbonyl (C=O) groups excluding carboxylic acids is 2. The average Bonchev–Trinajstić information content (AvgIpc) is 2.94. The highest BCUT2D eigenvalue weighted by Crippen LogP contribution is 2.32. The number of halogens is 2. The normalized spacial score (nSPS) is 12.0. The minimum Gasteiger partial charge on any atom is -0.493 e. The molecule has 0 saturated heterocycles. The van der Waals surface area contributed by atoms with Crippen molar-refractivity contribution in [3.63, 3.8) is 0 Å². The Morgan fingerprint density at radius 2 is 1.59 bits per heavy atom. The number of nitrogens with one attached hydrogen (secondary N) is 1. The molecule has 0 aromatic heterocycles. The molecule has 12 heteroatoms. The quantitative estimate of drug-likeness (QED) is 0.323. The molecule has 3 rings (SSSR count). The lowest BCUT2D eigenvalue weighted by molar-refractivity contribution is -0.139. The van der Waals surface area contributed by atoms with E-state index >= 15 is 0 Å². The Bertz CT molecular complexity index is 1480. The van der Waals surface area contributed by atoms with Crippen molar-refractivity contribution in [2.45, 2.75) is 44.3 Å². The largest absolute Gasteiger partial charge is 0.493 e. The summed E-state index contributed by atoms with van der Waals surface area (Å²) in [5.41, 5.74) is 0.327. The number of nitrogens with zero attached hydrogens (tertiary/aromatic N) is 2. The maximum Gasteiger partial charge on any atom is 0.264 e. The number of carbonyl (C=O) groups is 2. The highest BCUT2D eigenvalue weighted by molar-refractivity contribution is 7.92. The van der Waals surface area contributed by atoms with E-state index < -0.39 is 40.2 Å². The third kappa shape index (κ3) is 7.68. The van der Waals surface area contributed by atoms with Crippen molar-refractivity contribution in [3.05, 3.63) is 83.1 Å². The van der Waals surface area contributed by atoms with E-state index in [4.69, 9.17) is 21.1 Å². The van der Waals surface area contributed by atoms with Crippen LogP contribution in [0.3, 0.4) is 0 Å². The van der Waals surface area contributed by atoms with E-state index in [1.165, 1.54) is 81.8 Å². The summed E-state index contributed by atoms with van der Waals surface area (Å²) in [4.78, 5) is 27.8. The van der Waals surface area contributed by atoms with Crippen LogP contribution in [-0.4, -0.2) is 58.0 Å². The zero-order valence-electron chi connectivity index (χ0n) is 23.4. The van der Waals surface area contributed by atoms with Crippen LogP contribution in [0.4, 0.5) is 10.1 Å². The number of methoxy groups -OCH3 is 2. The van der Waals surface area contributed by atoms with E-state index in [2.05, 4.69) is 5.32 Å². The van der Waals surface area contributed by atoms with Gasteiger partial charge in [0.15, 0.2) is 11.5 Å². The molecular formula is C29H33ClFN3O6S. The summed E-state index contributed by atoms with van der Waals surface area (Å²) >= 11 is 6.05. The van der Waals surface area contributed by atoms with Gasteiger partial charge in [0.25, 0.3) is 10.0 Å². The van der Waals surface area contributed by atoms with Crippen LogP contribution in [0.25, 0.3) is 0 Å². The van der Waals surface area contributed by atoms with Crippen molar-refractivity contribution in [1.82, 2.24) is 10.2 Å². The number of ether oxygens (including phenoxy) is 2. The summed E-state index contributed by atoms with van der Waals surface area (Å²) in [7, 11) is -1.57. The summed E-state index contributed by atoms with van der Waals surface area (Å²) in [5.74, 6) is -1.25. The van der Waals surface area contributed by atoms with E-state index in [1.807, 2.05) is 0 Å². The number of hydrogen-bond donors (Lipinski definition) is 1. The van der Waals surface area contributed by atoms with Crippen LogP contribution >= 0.6 is 11.6 Å². The van der Waals surface area contributed by atoms with Gasteiger partial charge in [-0.2, -0.15) is 0 Å². The molecule has 41 heavy (non-hydrogen) atoms. The molecule has 0 aliphatic rings. The van der Waals surface area contributed by atoms with Crippen LogP contribution in [-0.2, 0) is 26.2 Å². The van der Waals surface area contributed by atoms with Gasteiger partial charge in [0.1, 0.15) is 18.4 Å². The second kappa shape index (κ2) is 13.7.